The Labute approximate surface area is 183 Å². The summed E-state index contributed by atoms with van der Waals surface area (Å²) < 4.78 is 12.7. The van der Waals surface area contributed by atoms with Crippen LogP contribution in [0.5, 0.6) is 5.75 Å². The van der Waals surface area contributed by atoms with Crippen LogP contribution in [0.4, 0.5) is 0 Å². The third-order valence-corrected chi connectivity index (χ3v) is 6.00. The van der Waals surface area contributed by atoms with E-state index in [1.165, 1.54) is 5.56 Å². The number of ether oxygens (including phenoxy) is 1. The lowest BCUT2D eigenvalue weighted by Crippen LogP contribution is -2.37. The van der Waals surface area contributed by atoms with Crippen molar-refractivity contribution in [3.05, 3.63) is 70.9 Å². The Bertz CT molecular complexity index is 1030. The van der Waals surface area contributed by atoms with Crippen LogP contribution in [0.2, 0.25) is 0 Å². The van der Waals surface area contributed by atoms with Gasteiger partial charge in [-0.2, -0.15) is 5.10 Å². The molecular formula is C24H30N4O3. The number of nitrogens with zero attached hydrogens (tertiary/aromatic N) is 3. The number of hydrogen-bond donors (Lipinski definition) is 1. The molecule has 0 aliphatic heterocycles. The summed E-state index contributed by atoms with van der Waals surface area (Å²) in [6, 6.07) is 12.2. The fraction of sp³-hybridized carbons (Fsp3) is 0.417. The fourth-order valence-electron chi connectivity index (χ4n) is 4.34. The van der Waals surface area contributed by atoms with Gasteiger partial charge in [0.25, 0.3) is 5.91 Å². The molecule has 1 aliphatic rings. The Hall–Kier alpha value is -3.06. The van der Waals surface area contributed by atoms with Gasteiger partial charge in [-0.3, -0.25) is 9.48 Å². The molecule has 4 rings (SSSR count). The predicted molar refractivity (Wildman–Crippen MR) is 118 cm³/mol. The summed E-state index contributed by atoms with van der Waals surface area (Å²) in [5.74, 6) is 1.62. The first-order valence-electron chi connectivity index (χ1n) is 10.7. The van der Waals surface area contributed by atoms with E-state index in [1.54, 1.807) is 25.3 Å². The normalized spacial score (nSPS) is 15.5. The molecule has 2 heterocycles. The number of benzene rings is 1. The number of furan rings is 1. The molecule has 0 fully saturated rings. The number of carbonyl (C=O) groups excluding carboxylic acids is 1. The Morgan fingerprint density at radius 1 is 1.32 bits per heavy atom. The molecule has 1 aromatic carbocycles. The second-order valence-corrected chi connectivity index (χ2v) is 8.09. The van der Waals surface area contributed by atoms with Crippen molar-refractivity contribution in [2.45, 2.75) is 38.3 Å². The topological polar surface area (TPSA) is 72.5 Å². The highest BCUT2D eigenvalue weighted by Gasteiger charge is 2.29. The van der Waals surface area contributed by atoms with Gasteiger partial charge in [0.05, 0.1) is 19.9 Å². The quantitative estimate of drug-likeness (QED) is 0.604. The molecule has 1 aliphatic carbocycles. The van der Waals surface area contributed by atoms with E-state index in [9.17, 15) is 4.79 Å². The summed E-state index contributed by atoms with van der Waals surface area (Å²) in [5, 5.41) is 8.25. The molecular weight excluding hydrogens is 392 g/mol. The van der Waals surface area contributed by atoms with Crippen molar-refractivity contribution in [3.63, 3.8) is 0 Å². The van der Waals surface area contributed by atoms with Gasteiger partial charge in [0.1, 0.15) is 11.5 Å². The highest BCUT2D eigenvalue weighted by Crippen LogP contribution is 2.26. The molecule has 0 saturated carbocycles. The van der Waals surface area contributed by atoms with Crippen LogP contribution in [-0.2, 0) is 32.9 Å². The number of methoxy groups -OCH3 is 1. The smallest absolute Gasteiger partial charge is 0.274 e. The number of aromatic nitrogens is 2. The van der Waals surface area contributed by atoms with Crippen molar-refractivity contribution < 1.29 is 13.9 Å². The van der Waals surface area contributed by atoms with Gasteiger partial charge in [-0.25, -0.2) is 0 Å². The molecule has 31 heavy (non-hydrogen) atoms. The summed E-state index contributed by atoms with van der Waals surface area (Å²) in [7, 11) is 5.42. The highest BCUT2D eigenvalue weighted by atomic mass is 16.5. The molecule has 0 unspecified atom stereocenters. The number of para-hydroxylation sites is 1. The lowest BCUT2D eigenvalue weighted by molar-refractivity contribution is 0.0767. The Balaban J connectivity index is 1.40. The summed E-state index contributed by atoms with van der Waals surface area (Å²) in [6.07, 6.45) is 5.29. The zero-order chi connectivity index (χ0) is 21.8. The van der Waals surface area contributed by atoms with Gasteiger partial charge < -0.3 is 19.4 Å². The zero-order valence-electron chi connectivity index (χ0n) is 18.4. The SMILES string of the molecule is COc1ccccc1CCN[C@@H]1CCc2c(c(C(=O)N(C)Cc3ccco3)nn2C)C1. The van der Waals surface area contributed by atoms with Crippen LogP contribution >= 0.6 is 0 Å². The fourth-order valence-corrected chi connectivity index (χ4v) is 4.34. The minimum Gasteiger partial charge on any atom is -0.496 e. The Kier molecular flexibility index (Phi) is 6.42. The van der Waals surface area contributed by atoms with Crippen LogP contribution in [-0.4, -0.2) is 47.3 Å². The van der Waals surface area contributed by atoms with E-state index in [2.05, 4.69) is 16.5 Å². The minimum atomic E-state index is -0.0667. The minimum absolute atomic E-state index is 0.0667. The molecule has 7 nitrogen and oxygen atoms in total. The van der Waals surface area contributed by atoms with E-state index in [0.717, 1.165) is 55.0 Å². The van der Waals surface area contributed by atoms with Gasteiger partial charge in [0, 0.05) is 31.4 Å². The molecule has 2 aromatic heterocycles. The lowest BCUT2D eigenvalue weighted by Gasteiger charge is -2.25. The number of nitrogens with one attached hydrogen (secondary N) is 1. The van der Waals surface area contributed by atoms with Gasteiger partial charge in [-0.1, -0.05) is 18.2 Å². The van der Waals surface area contributed by atoms with Crippen LogP contribution in [0.1, 0.15) is 39.5 Å². The van der Waals surface area contributed by atoms with E-state index in [1.807, 2.05) is 42.1 Å². The Morgan fingerprint density at radius 3 is 2.94 bits per heavy atom. The average Bonchev–Trinajstić information content (AvgIpc) is 3.41. The third-order valence-electron chi connectivity index (χ3n) is 6.00. The maximum absolute atomic E-state index is 13.1. The molecule has 1 atom stereocenters. The maximum atomic E-state index is 13.1. The van der Waals surface area contributed by atoms with E-state index >= 15 is 0 Å². The average molecular weight is 423 g/mol. The molecule has 3 aromatic rings. The maximum Gasteiger partial charge on any atom is 0.274 e. The number of fused-ring (bicyclic) bond motifs is 1. The number of rotatable bonds is 8. The van der Waals surface area contributed by atoms with Crippen molar-refractivity contribution >= 4 is 5.91 Å². The summed E-state index contributed by atoms with van der Waals surface area (Å²) in [4.78, 5) is 14.8. The predicted octanol–water partition coefficient (Wildman–Crippen LogP) is 2.98. The van der Waals surface area contributed by atoms with E-state index in [0.29, 0.717) is 18.3 Å². The largest absolute Gasteiger partial charge is 0.496 e. The van der Waals surface area contributed by atoms with E-state index in [-0.39, 0.29) is 5.91 Å². The molecule has 1 amide bonds. The molecule has 0 bridgehead atoms. The number of hydrogen-bond acceptors (Lipinski definition) is 5. The second kappa shape index (κ2) is 9.39. The first-order chi connectivity index (χ1) is 15.1. The van der Waals surface area contributed by atoms with Gasteiger partial charge in [0.2, 0.25) is 0 Å². The molecule has 164 valence electrons. The number of carbonyl (C=O) groups is 1. The molecule has 0 saturated heterocycles. The number of amides is 1. The van der Waals surface area contributed by atoms with Crippen LogP contribution in [0.25, 0.3) is 0 Å². The summed E-state index contributed by atoms with van der Waals surface area (Å²) in [6.45, 7) is 1.29. The summed E-state index contributed by atoms with van der Waals surface area (Å²) >= 11 is 0. The van der Waals surface area contributed by atoms with Gasteiger partial charge >= 0.3 is 0 Å². The first-order valence-corrected chi connectivity index (χ1v) is 10.7. The molecule has 7 heteroatoms. The third kappa shape index (κ3) is 4.66. The van der Waals surface area contributed by atoms with E-state index < -0.39 is 0 Å². The van der Waals surface area contributed by atoms with Gasteiger partial charge in [-0.05, 0) is 56.0 Å². The monoisotopic (exact) mass is 422 g/mol. The Morgan fingerprint density at radius 2 is 2.16 bits per heavy atom. The van der Waals surface area contributed by atoms with Crippen LogP contribution in [0.3, 0.4) is 0 Å². The molecule has 0 spiro atoms. The lowest BCUT2D eigenvalue weighted by atomic mass is 9.91. The highest BCUT2D eigenvalue weighted by molar-refractivity contribution is 5.94. The van der Waals surface area contributed by atoms with Gasteiger partial charge in [-0.15, -0.1) is 0 Å². The van der Waals surface area contributed by atoms with Gasteiger partial charge in [0.15, 0.2) is 5.69 Å². The van der Waals surface area contributed by atoms with E-state index in [4.69, 9.17) is 9.15 Å². The van der Waals surface area contributed by atoms with Crippen molar-refractivity contribution in [2.24, 2.45) is 7.05 Å². The van der Waals surface area contributed by atoms with Crippen molar-refractivity contribution in [2.75, 3.05) is 20.7 Å². The van der Waals surface area contributed by atoms with Crippen molar-refractivity contribution in [1.29, 1.82) is 0 Å². The second-order valence-electron chi connectivity index (χ2n) is 8.09. The molecule has 1 N–H and O–H groups in total. The van der Waals surface area contributed by atoms with Crippen molar-refractivity contribution in [3.8, 4) is 5.75 Å². The van der Waals surface area contributed by atoms with Crippen LogP contribution in [0, 0.1) is 0 Å². The standard InChI is InChI=1S/C24H30N4O3/c1-27(16-19-8-6-14-31-19)24(29)23-20-15-18(10-11-21(20)28(2)26-23)25-13-12-17-7-4-5-9-22(17)30-3/h4-9,14,18,25H,10-13,15-16H2,1-3H3/t18-/m1/s1. The van der Waals surface area contributed by atoms with Crippen LogP contribution < -0.4 is 10.1 Å². The zero-order valence-corrected chi connectivity index (χ0v) is 18.4. The molecule has 0 radical (unpaired) electrons. The van der Waals surface area contributed by atoms with Crippen LogP contribution in [0.15, 0.2) is 47.1 Å². The number of aryl methyl sites for hydroxylation is 1. The first kappa shape index (κ1) is 21.2. The summed E-state index contributed by atoms with van der Waals surface area (Å²) in [5.41, 5.74) is 3.99. The van der Waals surface area contributed by atoms with Crippen molar-refractivity contribution in [1.82, 2.24) is 20.0 Å².